The Balaban J connectivity index is 3.05. The SMILES string of the molecule is CCCN(CCN(C)C)c1nc(Cl)ccc1[N+](=O)[O-]. The summed E-state index contributed by atoms with van der Waals surface area (Å²) in [5.74, 6) is 0.348. The maximum Gasteiger partial charge on any atom is 0.311 e. The van der Waals surface area contributed by atoms with Gasteiger partial charge in [0.2, 0.25) is 5.82 Å². The van der Waals surface area contributed by atoms with Crippen molar-refractivity contribution < 1.29 is 4.92 Å². The van der Waals surface area contributed by atoms with Crippen molar-refractivity contribution in [1.82, 2.24) is 9.88 Å². The lowest BCUT2D eigenvalue weighted by Gasteiger charge is -2.24. The van der Waals surface area contributed by atoms with E-state index in [9.17, 15) is 10.1 Å². The number of pyridine rings is 1. The van der Waals surface area contributed by atoms with E-state index in [-0.39, 0.29) is 10.8 Å². The highest BCUT2D eigenvalue weighted by Gasteiger charge is 2.21. The summed E-state index contributed by atoms with van der Waals surface area (Å²) in [4.78, 5) is 18.7. The first-order chi connectivity index (χ1) is 8.95. The Morgan fingerprint density at radius 3 is 2.53 bits per heavy atom. The highest BCUT2D eigenvalue weighted by Crippen LogP contribution is 2.27. The topological polar surface area (TPSA) is 62.5 Å². The molecule has 0 bridgehead atoms. The normalized spacial score (nSPS) is 10.8. The van der Waals surface area contributed by atoms with E-state index in [0.29, 0.717) is 18.9 Å². The Morgan fingerprint density at radius 1 is 1.32 bits per heavy atom. The van der Waals surface area contributed by atoms with Gasteiger partial charge in [-0.15, -0.1) is 0 Å². The third-order valence-electron chi connectivity index (χ3n) is 2.63. The molecule has 0 N–H and O–H groups in total. The van der Waals surface area contributed by atoms with Gasteiger partial charge in [0.15, 0.2) is 0 Å². The fourth-order valence-electron chi connectivity index (χ4n) is 1.71. The number of aromatic nitrogens is 1. The van der Waals surface area contributed by atoms with E-state index in [1.165, 1.54) is 12.1 Å². The van der Waals surface area contributed by atoms with Gasteiger partial charge in [-0.2, -0.15) is 0 Å². The smallest absolute Gasteiger partial charge is 0.311 e. The van der Waals surface area contributed by atoms with Crippen LogP contribution in [0.2, 0.25) is 5.15 Å². The molecule has 6 nitrogen and oxygen atoms in total. The molecule has 1 aromatic heterocycles. The lowest BCUT2D eigenvalue weighted by atomic mass is 10.3. The summed E-state index contributed by atoms with van der Waals surface area (Å²) >= 11 is 5.86. The minimum absolute atomic E-state index is 0.00314. The monoisotopic (exact) mass is 286 g/mol. The van der Waals surface area contributed by atoms with Crippen LogP contribution in [0.4, 0.5) is 11.5 Å². The molecule has 19 heavy (non-hydrogen) atoms. The number of hydrogen-bond donors (Lipinski definition) is 0. The van der Waals surface area contributed by atoms with Crippen molar-refractivity contribution >= 4 is 23.1 Å². The van der Waals surface area contributed by atoms with Crippen molar-refractivity contribution in [2.24, 2.45) is 0 Å². The lowest BCUT2D eigenvalue weighted by molar-refractivity contribution is -0.384. The van der Waals surface area contributed by atoms with Gasteiger partial charge in [0.05, 0.1) is 4.92 Å². The van der Waals surface area contributed by atoms with Crippen molar-refractivity contribution in [3.63, 3.8) is 0 Å². The first-order valence-corrected chi connectivity index (χ1v) is 6.54. The van der Waals surface area contributed by atoms with Gasteiger partial charge in [-0.1, -0.05) is 18.5 Å². The molecule has 7 heteroatoms. The van der Waals surface area contributed by atoms with Crippen molar-refractivity contribution in [2.45, 2.75) is 13.3 Å². The number of hydrogen-bond acceptors (Lipinski definition) is 5. The molecule has 1 aromatic rings. The number of nitro groups is 1. The van der Waals surface area contributed by atoms with E-state index < -0.39 is 4.92 Å². The molecule has 0 aliphatic heterocycles. The highest BCUT2D eigenvalue weighted by molar-refractivity contribution is 6.29. The number of halogens is 1. The molecule has 0 aromatic carbocycles. The first-order valence-electron chi connectivity index (χ1n) is 6.16. The second kappa shape index (κ2) is 7.25. The van der Waals surface area contributed by atoms with Crippen molar-refractivity contribution in [3.05, 3.63) is 27.4 Å². The molecular formula is C12H19ClN4O2. The summed E-state index contributed by atoms with van der Waals surface area (Å²) in [6.07, 6.45) is 0.888. The Hall–Kier alpha value is -1.40. The molecule has 0 radical (unpaired) electrons. The number of nitrogens with zero attached hydrogens (tertiary/aromatic N) is 4. The first kappa shape index (κ1) is 15.7. The summed E-state index contributed by atoms with van der Waals surface area (Å²) in [5, 5.41) is 11.3. The van der Waals surface area contributed by atoms with Gasteiger partial charge in [0, 0.05) is 25.7 Å². The lowest BCUT2D eigenvalue weighted by Crippen LogP contribution is -2.33. The Bertz CT molecular complexity index is 440. The Kier molecular flexibility index (Phi) is 5.98. The van der Waals surface area contributed by atoms with Crippen molar-refractivity contribution in [1.29, 1.82) is 0 Å². The Morgan fingerprint density at radius 2 is 2.00 bits per heavy atom. The van der Waals surface area contributed by atoms with Crippen LogP contribution in [0.15, 0.2) is 12.1 Å². The van der Waals surface area contributed by atoms with E-state index >= 15 is 0 Å². The van der Waals surface area contributed by atoms with E-state index in [1.54, 1.807) is 0 Å². The van der Waals surface area contributed by atoms with Gasteiger partial charge in [0.1, 0.15) is 5.15 Å². The van der Waals surface area contributed by atoms with E-state index in [2.05, 4.69) is 4.98 Å². The highest BCUT2D eigenvalue weighted by atomic mass is 35.5. The molecule has 0 spiro atoms. The average Bonchev–Trinajstić information content (AvgIpc) is 2.33. The summed E-state index contributed by atoms with van der Waals surface area (Å²) in [7, 11) is 3.92. The third-order valence-corrected chi connectivity index (χ3v) is 2.84. The molecule has 1 heterocycles. The summed E-state index contributed by atoms with van der Waals surface area (Å²) < 4.78 is 0. The van der Waals surface area contributed by atoms with Gasteiger partial charge in [-0.05, 0) is 26.6 Å². The quantitative estimate of drug-likeness (QED) is 0.438. The molecular weight excluding hydrogens is 268 g/mol. The van der Waals surface area contributed by atoms with Crippen LogP contribution in [0.25, 0.3) is 0 Å². The van der Waals surface area contributed by atoms with Crippen LogP contribution in [-0.2, 0) is 0 Å². The molecule has 106 valence electrons. The molecule has 0 saturated heterocycles. The van der Waals surface area contributed by atoms with Crippen LogP contribution in [0.1, 0.15) is 13.3 Å². The second-order valence-electron chi connectivity index (χ2n) is 4.52. The fraction of sp³-hybridized carbons (Fsp3) is 0.583. The largest absolute Gasteiger partial charge is 0.350 e. The third kappa shape index (κ3) is 4.65. The zero-order valence-electron chi connectivity index (χ0n) is 11.5. The van der Waals surface area contributed by atoms with Crippen LogP contribution in [-0.4, -0.2) is 48.5 Å². The van der Waals surface area contributed by atoms with E-state index in [4.69, 9.17) is 11.6 Å². The molecule has 0 amide bonds. The van der Waals surface area contributed by atoms with Crippen LogP contribution in [0.3, 0.4) is 0 Å². The molecule has 0 aliphatic carbocycles. The molecule has 0 unspecified atom stereocenters. The van der Waals surface area contributed by atoms with Gasteiger partial charge < -0.3 is 9.80 Å². The number of anilines is 1. The average molecular weight is 287 g/mol. The Labute approximate surface area is 118 Å². The zero-order chi connectivity index (χ0) is 14.4. The second-order valence-corrected chi connectivity index (χ2v) is 4.91. The van der Waals surface area contributed by atoms with E-state index in [1.807, 2.05) is 30.8 Å². The van der Waals surface area contributed by atoms with Crippen LogP contribution in [0.5, 0.6) is 0 Å². The van der Waals surface area contributed by atoms with Crippen LogP contribution in [0, 0.1) is 10.1 Å². The number of likely N-dealkylation sites (N-methyl/N-ethyl adjacent to an activating group) is 1. The van der Waals surface area contributed by atoms with Gasteiger partial charge in [-0.25, -0.2) is 4.98 Å². The van der Waals surface area contributed by atoms with Crippen molar-refractivity contribution in [2.75, 3.05) is 38.6 Å². The van der Waals surface area contributed by atoms with Gasteiger partial charge in [-0.3, -0.25) is 10.1 Å². The maximum atomic E-state index is 11.1. The summed E-state index contributed by atoms with van der Waals surface area (Å²) in [6.45, 7) is 4.21. The molecule has 0 saturated carbocycles. The maximum absolute atomic E-state index is 11.1. The molecule has 0 fully saturated rings. The molecule has 0 atom stereocenters. The predicted octanol–water partition coefficient (Wildman–Crippen LogP) is 2.42. The predicted molar refractivity (Wildman–Crippen MR) is 77.0 cm³/mol. The van der Waals surface area contributed by atoms with Gasteiger partial charge >= 0.3 is 5.69 Å². The number of rotatable bonds is 7. The van der Waals surface area contributed by atoms with E-state index in [0.717, 1.165) is 13.0 Å². The van der Waals surface area contributed by atoms with Gasteiger partial charge in [0.25, 0.3) is 0 Å². The fourth-order valence-corrected chi connectivity index (χ4v) is 1.85. The molecule has 0 aliphatic rings. The summed E-state index contributed by atoms with van der Waals surface area (Å²) in [5.41, 5.74) is -0.00314. The minimum atomic E-state index is -0.420. The minimum Gasteiger partial charge on any atom is -0.350 e. The van der Waals surface area contributed by atoms with Crippen molar-refractivity contribution in [3.8, 4) is 0 Å². The summed E-state index contributed by atoms with van der Waals surface area (Å²) in [6, 6.07) is 2.85. The van der Waals surface area contributed by atoms with Crippen LogP contribution >= 0.6 is 11.6 Å². The molecule has 1 rings (SSSR count). The standard InChI is InChI=1S/C12H19ClN4O2/c1-4-7-16(9-8-15(2)3)12-10(17(18)19)5-6-11(13)14-12/h5-6H,4,7-9H2,1-3H3. The zero-order valence-corrected chi connectivity index (χ0v) is 12.2. The van der Waals surface area contributed by atoms with Crippen LogP contribution < -0.4 is 4.90 Å².